The predicted molar refractivity (Wildman–Crippen MR) is 104 cm³/mol. The summed E-state index contributed by atoms with van der Waals surface area (Å²) in [5, 5.41) is 24.4. The minimum atomic E-state index is -1.08. The molecule has 0 bridgehead atoms. The van der Waals surface area contributed by atoms with Crippen molar-refractivity contribution in [2.24, 2.45) is 5.10 Å². The van der Waals surface area contributed by atoms with Crippen LogP contribution in [0.15, 0.2) is 51.5 Å². The summed E-state index contributed by atoms with van der Waals surface area (Å²) < 4.78 is 5.69. The van der Waals surface area contributed by atoms with Crippen LogP contribution in [0.2, 0.25) is 0 Å². The summed E-state index contributed by atoms with van der Waals surface area (Å²) in [6.45, 7) is 1.69. The van der Waals surface area contributed by atoms with Crippen molar-refractivity contribution in [2.45, 2.75) is 6.92 Å². The molecule has 0 unspecified atom stereocenters. The number of hydrogen-bond acceptors (Lipinski definition) is 5. The van der Waals surface area contributed by atoms with Crippen molar-refractivity contribution >= 4 is 45.3 Å². The van der Waals surface area contributed by atoms with E-state index >= 15 is 0 Å². The van der Waals surface area contributed by atoms with Gasteiger partial charge in [-0.25, -0.2) is 4.79 Å². The van der Waals surface area contributed by atoms with Gasteiger partial charge in [-0.3, -0.25) is 4.79 Å². The van der Waals surface area contributed by atoms with Gasteiger partial charge in [0.2, 0.25) is 0 Å². The van der Waals surface area contributed by atoms with Gasteiger partial charge in [0.05, 0.1) is 29.6 Å². The second kappa shape index (κ2) is 7.24. The summed E-state index contributed by atoms with van der Waals surface area (Å²) >= 11 is 3.35. The smallest absolute Gasteiger partial charge is 0.335 e. The van der Waals surface area contributed by atoms with Gasteiger partial charge in [0, 0.05) is 4.47 Å². The maximum atomic E-state index is 12.8. The molecule has 7 nitrogen and oxygen atoms in total. The van der Waals surface area contributed by atoms with Crippen molar-refractivity contribution in [1.82, 2.24) is 0 Å². The number of halogens is 1. The fraction of sp³-hybridized carbons (Fsp3) is 0.105. The van der Waals surface area contributed by atoms with E-state index in [1.807, 2.05) is 0 Å². The first-order valence-electron chi connectivity index (χ1n) is 7.83. The molecule has 0 saturated heterocycles. The Balaban J connectivity index is 2.00. The molecule has 3 rings (SSSR count). The molecule has 0 aliphatic carbocycles. The number of ether oxygens (including phenoxy) is 1. The topological polar surface area (TPSA) is 99.4 Å². The highest BCUT2D eigenvalue weighted by molar-refractivity contribution is 9.10. The Morgan fingerprint density at radius 3 is 2.70 bits per heavy atom. The molecule has 27 heavy (non-hydrogen) atoms. The molecule has 2 aromatic rings. The van der Waals surface area contributed by atoms with Crippen LogP contribution >= 0.6 is 15.9 Å². The lowest BCUT2D eigenvalue weighted by molar-refractivity contribution is -0.114. The summed E-state index contributed by atoms with van der Waals surface area (Å²) in [6.07, 6.45) is 1.63. The van der Waals surface area contributed by atoms with Crippen LogP contribution in [0, 0.1) is 0 Å². The molecule has 0 aromatic heterocycles. The Morgan fingerprint density at radius 2 is 2.04 bits per heavy atom. The summed E-state index contributed by atoms with van der Waals surface area (Å²) in [4.78, 5) is 24.0. The number of hydrazone groups is 1. The van der Waals surface area contributed by atoms with Gasteiger partial charge in [-0.1, -0.05) is 22.0 Å². The summed E-state index contributed by atoms with van der Waals surface area (Å²) in [5.41, 5.74) is 1.90. The molecule has 1 aliphatic heterocycles. The third kappa shape index (κ3) is 3.56. The lowest BCUT2D eigenvalue weighted by Gasteiger charge is -2.12. The van der Waals surface area contributed by atoms with Crippen LogP contribution in [0.4, 0.5) is 5.69 Å². The number of anilines is 1. The Kier molecular flexibility index (Phi) is 5.00. The molecule has 8 heteroatoms. The number of amides is 1. The molecule has 0 saturated carbocycles. The average Bonchev–Trinajstić information content (AvgIpc) is 2.92. The van der Waals surface area contributed by atoms with E-state index in [1.54, 1.807) is 31.2 Å². The minimum absolute atomic E-state index is 0.0261. The van der Waals surface area contributed by atoms with Crippen LogP contribution < -0.4 is 9.75 Å². The van der Waals surface area contributed by atoms with E-state index in [1.165, 1.54) is 30.3 Å². The number of aromatic hydroxyl groups is 1. The van der Waals surface area contributed by atoms with E-state index in [4.69, 9.17) is 9.84 Å². The quantitative estimate of drug-likeness (QED) is 0.720. The molecule has 2 N–H and O–H groups in total. The first-order chi connectivity index (χ1) is 12.8. The van der Waals surface area contributed by atoms with Crippen molar-refractivity contribution in [3.05, 3.63) is 57.6 Å². The van der Waals surface area contributed by atoms with E-state index in [2.05, 4.69) is 21.0 Å². The Labute approximate surface area is 163 Å². The lowest BCUT2D eigenvalue weighted by Crippen LogP contribution is -2.21. The molecule has 0 spiro atoms. The molecule has 1 heterocycles. The highest BCUT2D eigenvalue weighted by Crippen LogP contribution is 2.34. The molecular formula is C19H15BrN2O5. The summed E-state index contributed by atoms with van der Waals surface area (Å²) in [6, 6.07) is 9.08. The maximum Gasteiger partial charge on any atom is 0.335 e. The van der Waals surface area contributed by atoms with Gasteiger partial charge in [-0.05, 0) is 48.9 Å². The lowest BCUT2D eigenvalue weighted by atomic mass is 10.1. The fourth-order valence-corrected chi connectivity index (χ4v) is 3.06. The van der Waals surface area contributed by atoms with E-state index in [9.17, 15) is 14.7 Å². The third-order valence-electron chi connectivity index (χ3n) is 4.00. The van der Waals surface area contributed by atoms with Crippen LogP contribution in [-0.4, -0.2) is 34.9 Å². The number of phenols is 1. The standard InChI is InChI=1S/C19H15BrN2O5/c1-10-14(7-12-8-17(27-2)16(23)9-15(12)20)18(24)22(21-10)13-5-3-4-11(6-13)19(25)26/h3-9,23H,1-2H3,(H,25,26)/b14-7-. The summed E-state index contributed by atoms with van der Waals surface area (Å²) in [5.74, 6) is -1.22. The molecule has 0 atom stereocenters. The predicted octanol–water partition coefficient (Wildman–Crippen LogP) is 3.67. The number of benzene rings is 2. The average molecular weight is 431 g/mol. The van der Waals surface area contributed by atoms with Crippen molar-refractivity contribution in [1.29, 1.82) is 0 Å². The zero-order valence-electron chi connectivity index (χ0n) is 14.4. The van der Waals surface area contributed by atoms with Gasteiger partial charge in [0.15, 0.2) is 11.5 Å². The van der Waals surface area contributed by atoms with E-state index in [0.29, 0.717) is 27.0 Å². The third-order valence-corrected chi connectivity index (χ3v) is 4.69. The van der Waals surface area contributed by atoms with Crippen LogP contribution in [0.3, 0.4) is 0 Å². The van der Waals surface area contributed by atoms with Crippen LogP contribution in [0.5, 0.6) is 11.5 Å². The highest BCUT2D eigenvalue weighted by atomic mass is 79.9. The van der Waals surface area contributed by atoms with Gasteiger partial charge in [-0.2, -0.15) is 10.1 Å². The largest absolute Gasteiger partial charge is 0.504 e. The van der Waals surface area contributed by atoms with Gasteiger partial charge < -0.3 is 14.9 Å². The number of nitrogens with zero attached hydrogens (tertiary/aromatic N) is 2. The Bertz CT molecular complexity index is 1010. The highest BCUT2D eigenvalue weighted by Gasteiger charge is 2.29. The number of hydrogen-bond donors (Lipinski definition) is 2. The minimum Gasteiger partial charge on any atom is -0.504 e. The van der Waals surface area contributed by atoms with Gasteiger partial charge in [-0.15, -0.1) is 0 Å². The fourth-order valence-electron chi connectivity index (χ4n) is 2.62. The molecule has 0 fully saturated rings. The monoisotopic (exact) mass is 430 g/mol. The molecule has 1 aliphatic rings. The van der Waals surface area contributed by atoms with Gasteiger partial charge in [0.25, 0.3) is 5.91 Å². The molecule has 1 amide bonds. The van der Waals surface area contributed by atoms with Crippen LogP contribution in [0.1, 0.15) is 22.8 Å². The van der Waals surface area contributed by atoms with Crippen molar-refractivity contribution in [2.75, 3.05) is 12.1 Å². The number of aromatic carboxylic acids is 1. The van der Waals surface area contributed by atoms with E-state index < -0.39 is 5.97 Å². The molecular weight excluding hydrogens is 416 g/mol. The van der Waals surface area contributed by atoms with Gasteiger partial charge >= 0.3 is 5.97 Å². The molecule has 0 radical (unpaired) electrons. The number of carboxylic acids is 1. The number of methoxy groups -OCH3 is 1. The van der Waals surface area contributed by atoms with Crippen LogP contribution in [0.25, 0.3) is 6.08 Å². The number of carboxylic acid groups (broad SMARTS) is 1. The van der Waals surface area contributed by atoms with E-state index in [-0.39, 0.29) is 23.0 Å². The van der Waals surface area contributed by atoms with Crippen LogP contribution in [-0.2, 0) is 4.79 Å². The van der Waals surface area contributed by atoms with Crippen molar-refractivity contribution in [3.63, 3.8) is 0 Å². The second-order valence-electron chi connectivity index (χ2n) is 5.76. The normalized spacial score (nSPS) is 15.2. The zero-order chi connectivity index (χ0) is 19.7. The maximum absolute atomic E-state index is 12.8. The molecule has 2 aromatic carbocycles. The summed E-state index contributed by atoms with van der Waals surface area (Å²) in [7, 11) is 1.44. The second-order valence-corrected chi connectivity index (χ2v) is 6.62. The van der Waals surface area contributed by atoms with Crippen molar-refractivity contribution < 1.29 is 24.5 Å². The van der Waals surface area contributed by atoms with Gasteiger partial charge in [0.1, 0.15) is 0 Å². The Hall–Kier alpha value is -3.13. The SMILES string of the molecule is COc1cc(/C=C2\C(=O)N(c3cccc(C(=O)O)c3)N=C2C)c(Br)cc1O. The number of carbonyl (C=O) groups excluding carboxylic acids is 1. The zero-order valence-corrected chi connectivity index (χ0v) is 16.0. The van der Waals surface area contributed by atoms with Crippen molar-refractivity contribution in [3.8, 4) is 11.5 Å². The molecule has 138 valence electrons. The van der Waals surface area contributed by atoms with E-state index in [0.717, 1.165) is 0 Å². The first kappa shape index (κ1) is 18.7. The number of carbonyl (C=O) groups is 2. The number of rotatable bonds is 4. The number of phenolic OH excluding ortho intramolecular Hbond substituents is 1. The first-order valence-corrected chi connectivity index (χ1v) is 8.62. The Morgan fingerprint density at radius 1 is 1.30 bits per heavy atom.